The molecule has 1 N–H and O–H groups in total. The number of ether oxygens (including phenoxy) is 1. The van der Waals surface area contributed by atoms with Gasteiger partial charge in [0.15, 0.2) is 0 Å². The molecule has 0 radical (unpaired) electrons. The predicted molar refractivity (Wildman–Crippen MR) is 80.2 cm³/mol. The van der Waals surface area contributed by atoms with Crippen molar-refractivity contribution >= 4 is 20.5 Å². The van der Waals surface area contributed by atoms with Crippen molar-refractivity contribution in [3.05, 3.63) is 24.3 Å². The average Bonchev–Trinajstić information content (AvgIpc) is 2.36. The normalized spacial score (nSPS) is 12.7. The highest BCUT2D eigenvalue weighted by Crippen LogP contribution is 2.29. The number of anilines is 1. The summed E-state index contributed by atoms with van der Waals surface area (Å²) in [6.07, 6.45) is 0.865. The standard InChI is InChI=1S/C14H22NO3P/c1-5-19-18-13-9-7-6-8-12(13)15-11(4)14(16)17-10(2)3/h6-11,15,19H,5H2,1-4H3/t11-/m0/s1. The Bertz CT molecular complexity index is 409. The third kappa shape index (κ3) is 5.48. The first-order valence-electron chi connectivity index (χ1n) is 6.50. The fourth-order valence-corrected chi connectivity index (χ4v) is 1.93. The van der Waals surface area contributed by atoms with E-state index < -0.39 is 6.04 Å². The van der Waals surface area contributed by atoms with Crippen molar-refractivity contribution in [2.45, 2.75) is 39.8 Å². The smallest absolute Gasteiger partial charge is 0.328 e. The van der Waals surface area contributed by atoms with Crippen LogP contribution in [0.25, 0.3) is 0 Å². The largest absolute Gasteiger partial charge is 0.475 e. The molecule has 0 spiro atoms. The minimum Gasteiger partial charge on any atom is -0.475 e. The first kappa shape index (κ1) is 15.8. The van der Waals surface area contributed by atoms with Crippen LogP contribution in [0.1, 0.15) is 27.7 Å². The second-order valence-electron chi connectivity index (χ2n) is 4.45. The van der Waals surface area contributed by atoms with Crippen molar-refractivity contribution in [1.29, 1.82) is 0 Å². The van der Waals surface area contributed by atoms with Crippen LogP contribution in [-0.4, -0.2) is 24.3 Å². The summed E-state index contributed by atoms with van der Waals surface area (Å²) >= 11 is 0. The molecule has 1 rings (SSSR count). The number of hydrogen-bond donors (Lipinski definition) is 1. The minimum absolute atomic E-state index is 0.107. The zero-order chi connectivity index (χ0) is 14.3. The summed E-state index contributed by atoms with van der Waals surface area (Å²) in [5, 5.41) is 3.13. The van der Waals surface area contributed by atoms with E-state index in [-0.39, 0.29) is 12.1 Å². The highest BCUT2D eigenvalue weighted by Gasteiger charge is 2.17. The van der Waals surface area contributed by atoms with Crippen LogP contribution >= 0.6 is 8.81 Å². The van der Waals surface area contributed by atoms with Gasteiger partial charge in [-0.2, -0.15) is 0 Å². The summed E-state index contributed by atoms with van der Waals surface area (Å²) in [5.74, 6) is 0.509. The molecule has 0 saturated heterocycles. The molecule has 0 aliphatic carbocycles. The van der Waals surface area contributed by atoms with E-state index in [0.29, 0.717) is 8.81 Å². The van der Waals surface area contributed by atoms with Gasteiger partial charge in [-0.15, -0.1) is 0 Å². The number of carbonyl (C=O) groups is 1. The monoisotopic (exact) mass is 283 g/mol. The fraction of sp³-hybridized carbons (Fsp3) is 0.500. The molecule has 4 nitrogen and oxygen atoms in total. The molecule has 0 heterocycles. The van der Waals surface area contributed by atoms with Gasteiger partial charge < -0.3 is 14.6 Å². The maximum atomic E-state index is 11.8. The second-order valence-corrected chi connectivity index (χ2v) is 5.65. The molecular weight excluding hydrogens is 261 g/mol. The summed E-state index contributed by atoms with van der Waals surface area (Å²) in [6, 6.07) is 7.21. The molecule has 1 aromatic rings. The summed E-state index contributed by atoms with van der Waals surface area (Å²) in [5.41, 5.74) is 0.816. The lowest BCUT2D eigenvalue weighted by molar-refractivity contribution is -0.147. The Morgan fingerprint density at radius 3 is 2.63 bits per heavy atom. The maximum Gasteiger partial charge on any atom is 0.328 e. The molecule has 106 valence electrons. The topological polar surface area (TPSA) is 47.6 Å². The van der Waals surface area contributed by atoms with Crippen LogP contribution in [0.5, 0.6) is 5.75 Å². The van der Waals surface area contributed by atoms with E-state index in [1.54, 1.807) is 6.92 Å². The maximum absolute atomic E-state index is 11.8. The van der Waals surface area contributed by atoms with Crippen LogP contribution in [-0.2, 0) is 9.53 Å². The fourth-order valence-electron chi connectivity index (χ4n) is 1.45. The Kier molecular flexibility index (Phi) is 6.65. The molecule has 1 aromatic carbocycles. The molecule has 0 amide bonds. The number of esters is 1. The summed E-state index contributed by atoms with van der Waals surface area (Å²) in [6.45, 7) is 7.52. The summed E-state index contributed by atoms with van der Waals surface area (Å²) < 4.78 is 10.8. The predicted octanol–water partition coefficient (Wildman–Crippen LogP) is 3.43. The number of carbonyl (C=O) groups excluding carboxylic acids is 1. The minimum atomic E-state index is -0.405. The van der Waals surface area contributed by atoms with E-state index >= 15 is 0 Å². The van der Waals surface area contributed by atoms with Gasteiger partial charge in [0.05, 0.1) is 20.6 Å². The van der Waals surface area contributed by atoms with E-state index in [4.69, 9.17) is 9.26 Å². The Morgan fingerprint density at radius 1 is 1.32 bits per heavy atom. The van der Waals surface area contributed by atoms with Crippen molar-refractivity contribution in [1.82, 2.24) is 0 Å². The lowest BCUT2D eigenvalue weighted by atomic mass is 10.2. The number of nitrogens with one attached hydrogen (secondary N) is 1. The Hall–Kier alpha value is -1.28. The molecule has 0 saturated carbocycles. The van der Waals surface area contributed by atoms with E-state index in [1.165, 1.54) is 0 Å². The Morgan fingerprint density at radius 2 is 2.00 bits per heavy atom. The SMILES string of the molecule is CCPOc1ccccc1N[C@@H](C)C(=O)OC(C)C. The third-order valence-electron chi connectivity index (χ3n) is 2.29. The van der Waals surface area contributed by atoms with E-state index in [1.807, 2.05) is 38.1 Å². The highest BCUT2D eigenvalue weighted by molar-refractivity contribution is 7.32. The number of benzene rings is 1. The van der Waals surface area contributed by atoms with Crippen molar-refractivity contribution < 1.29 is 14.1 Å². The van der Waals surface area contributed by atoms with Crippen molar-refractivity contribution in [3.63, 3.8) is 0 Å². The van der Waals surface area contributed by atoms with Crippen LogP contribution in [0, 0.1) is 0 Å². The molecule has 0 fully saturated rings. The van der Waals surface area contributed by atoms with Gasteiger partial charge in [-0.1, -0.05) is 19.1 Å². The lowest BCUT2D eigenvalue weighted by Crippen LogP contribution is -2.30. The van der Waals surface area contributed by atoms with Crippen LogP contribution in [0.3, 0.4) is 0 Å². The zero-order valence-corrected chi connectivity index (χ0v) is 12.9. The van der Waals surface area contributed by atoms with E-state index in [0.717, 1.165) is 17.6 Å². The molecular formula is C14H22NO3P. The van der Waals surface area contributed by atoms with E-state index in [2.05, 4.69) is 12.2 Å². The van der Waals surface area contributed by atoms with Gasteiger partial charge in [0.1, 0.15) is 11.8 Å². The van der Waals surface area contributed by atoms with Gasteiger partial charge in [-0.05, 0) is 39.1 Å². The lowest BCUT2D eigenvalue weighted by Gasteiger charge is -2.18. The van der Waals surface area contributed by atoms with Gasteiger partial charge in [-0.25, -0.2) is 4.79 Å². The number of rotatable bonds is 7. The first-order chi connectivity index (χ1) is 9.04. The van der Waals surface area contributed by atoms with Crippen molar-refractivity contribution in [2.24, 2.45) is 0 Å². The molecule has 5 heteroatoms. The molecule has 2 atom stereocenters. The first-order valence-corrected chi connectivity index (χ1v) is 7.61. The molecule has 0 aliphatic heterocycles. The summed E-state index contributed by atoms with van der Waals surface area (Å²) in [7, 11) is 0.420. The average molecular weight is 283 g/mol. The molecule has 1 unspecified atom stereocenters. The van der Waals surface area contributed by atoms with Gasteiger partial charge >= 0.3 is 5.97 Å². The van der Waals surface area contributed by atoms with Crippen LogP contribution in [0.2, 0.25) is 0 Å². The molecule has 0 aromatic heterocycles. The van der Waals surface area contributed by atoms with Gasteiger partial charge in [0.25, 0.3) is 0 Å². The highest BCUT2D eigenvalue weighted by atomic mass is 31.1. The van der Waals surface area contributed by atoms with E-state index in [9.17, 15) is 4.79 Å². The third-order valence-corrected chi connectivity index (χ3v) is 2.94. The van der Waals surface area contributed by atoms with Crippen LogP contribution in [0.4, 0.5) is 5.69 Å². The molecule has 0 aliphatic rings. The molecule has 0 bridgehead atoms. The van der Waals surface area contributed by atoms with Crippen molar-refractivity contribution in [3.8, 4) is 5.75 Å². The number of para-hydroxylation sites is 2. The summed E-state index contributed by atoms with van der Waals surface area (Å²) in [4.78, 5) is 11.8. The van der Waals surface area contributed by atoms with Gasteiger partial charge in [0.2, 0.25) is 0 Å². The van der Waals surface area contributed by atoms with Gasteiger partial charge in [0, 0.05) is 0 Å². The number of hydrogen-bond acceptors (Lipinski definition) is 4. The quantitative estimate of drug-likeness (QED) is 0.615. The second kappa shape index (κ2) is 8.00. The molecule has 19 heavy (non-hydrogen) atoms. The Labute approximate surface area is 116 Å². The van der Waals surface area contributed by atoms with Crippen molar-refractivity contribution in [2.75, 3.05) is 11.5 Å². The van der Waals surface area contributed by atoms with Crippen LogP contribution in [0.15, 0.2) is 24.3 Å². The van der Waals surface area contributed by atoms with Gasteiger partial charge in [-0.3, -0.25) is 0 Å². The zero-order valence-electron chi connectivity index (χ0n) is 11.9. The van der Waals surface area contributed by atoms with Crippen LogP contribution < -0.4 is 9.84 Å². The Balaban J connectivity index is 2.67.